The van der Waals surface area contributed by atoms with E-state index in [1.807, 2.05) is 26.8 Å². The maximum Gasteiger partial charge on any atom is 0.289 e. The molecule has 3 rings (SSSR count). The molecule has 26 heavy (non-hydrogen) atoms. The van der Waals surface area contributed by atoms with Gasteiger partial charge in [-0.3, -0.25) is 9.78 Å². The molecular weight excluding hydrogens is 330 g/mol. The second kappa shape index (κ2) is 7.42. The van der Waals surface area contributed by atoms with Crippen molar-refractivity contribution in [1.82, 2.24) is 9.88 Å². The number of aliphatic imine (C=N–C) groups is 1. The molecule has 0 bridgehead atoms. The minimum Gasteiger partial charge on any atom is -0.383 e. The number of nitrogens with one attached hydrogen (secondary N) is 1. The minimum atomic E-state index is -0.576. The molecule has 0 radical (unpaired) electrons. The fraction of sp³-hybridized carbons (Fsp3) is 0.579. The second-order valence-corrected chi connectivity index (χ2v) is 7.09. The van der Waals surface area contributed by atoms with Crippen molar-refractivity contribution in [2.45, 2.75) is 45.7 Å². The Morgan fingerprint density at radius 2 is 2.12 bits per heavy atom. The summed E-state index contributed by atoms with van der Waals surface area (Å²) in [5.74, 6) is 0.475. The first kappa shape index (κ1) is 18.3. The van der Waals surface area contributed by atoms with E-state index in [0.29, 0.717) is 19.1 Å². The highest BCUT2D eigenvalue weighted by molar-refractivity contribution is 6.42. The van der Waals surface area contributed by atoms with Crippen molar-refractivity contribution >= 4 is 17.4 Å². The quantitative estimate of drug-likeness (QED) is 0.872. The van der Waals surface area contributed by atoms with Crippen LogP contribution in [0, 0.1) is 38.0 Å². The number of amidine groups is 1. The van der Waals surface area contributed by atoms with Gasteiger partial charge in [0.15, 0.2) is 11.9 Å². The van der Waals surface area contributed by atoms with Gasteiger partial charge in [0.2, 0.25) is 0 Å². The zero-order chi connectivity index (χ0) is 18.8. The summed E-state index contributed by atoms with van der Waals surface area (Å²) in [6.45, 7) is 6.61. The molecule has 2 unspecified atom stereocenters. The van der Waals surface area contributed by atoms with E-state index in [0.717, 1.165) is 35.5 Å². The number of nitriles is 1. The Balaban J connectivity index is 1.88. The highest BCUT2D eigenvalue weighted by Crippen LogP contribution is 2.36. The first-order valence-electron chi connectivity index (χ1n) is 8.93. The van der Waals surface area contributed by atoms with E-state index in [1.54, 1.807) is 12.0 Å². The van der Waals surface area contributed by atoms with Crippen molar-refractivity contribution in [3.05, 3.63) is 23.0 Å². The molecule has 138 valence electrons. The van der Waals surface area contributed by atoms with Gasteiger partial charge in [-0.2, -0.15) is 5.26 Å². The number of rotatable bonds is 5. The normalized spacial score (nSPS) is 21.2. The lowest BCUT2D eigenvalue weighted by Gasteiger charge is -2.35. The number of aromatic nitrogens is 1. The SMILES string of the molecule is COCC(C1CC1)N1CC(C#N)N=C(Nc2cc(C)c(C)nc2C)C1=O. The zero-order valence-electron chi connectivity index (χ0n) is 15.7. The van der Waals surface area contributed by atoms with Crippen molar-refractivity contribution in [3.63, 3.8) is 0 Å². The molecule has 1 amide bonds. The smallest absolute Gasteiger partial charge is 0.289 e. The Bertz CT molecular complexity index is 779. The lowest BCUT2D eigenvalue weighted by atomic mass is 10.1. The maximum atomic E-state index is 13.1. The van der Waals surface area contributed by atoms with Crippen LogP contribution in [0.2, 0.25) is 0 Å². The molecule has 0 saturated heterocycles. The van der Waals surface area contributed by atoms with Crippen LogP contribution in [-0.2, 0) is 9.53 Å². The summed E-state index contributed by atoms with van der Waals surface area (Å²) in [5.41, 5.74) is 3.53. The number of anilines is 1. The fourth-order valence-corrected chi connectivity index (χ4v) is 3.31. The van der Waals surface area contributed by atoms with Gasteiger partial charge in [0, 0.05) is 12.8 Å². The Hall–Kier alpha value is -2.46. The van der Waals surface area contributed by atoms with Gasteiger partial charge in [-0.1, -0.05) is 0 Å². The third-order valence-electron chi connectivity index (χ3n) is 5.08. The van der Waals surface area contributed by atoms with Crippen LogP contribution in [0.4, 0.5) is 5.69 Å². The van der Waals surface area contributed by atoms with Crippen LogP contribution in [0.25, 0.3) is 0 Å². The average molecular weight is 355 g/mol. The molecular formula is C19H25N5O2. The van der Waals surface area contributed by atoms with E-state index >= 15 is 0 Å². The van der Waals surface area contributed by atoms with Crippen LogP contribution in [0.15, 0.2) is 11.1 Å². The number of nitrogens with zero attached hydrogens (tertiary/aromatic N) is 4. The molecule has 1 aromatic heterocycles. The number of aryl methyl sites for hydroxylation is 3. The third-order valence-corrected chi connectivity index (χ3v) is 5.08. The van der Waals surface area contributed by atoms with Gasteiger partial charge in [-0.25, -0.2) is 4.99 Å². The van der Waals surface area contributed by atoms with E-state index in [9.17, 15) is 10.1 Å². The summed E-state index contributed by atoms with van der Waals surface area (Å²) in [7, 11) is 1.64. The monoisotopic (exact) mass is 355 g/mol. The van der Waals surface area contributed by atoms with Crippen molar-refractivity contribution in [2.24, 2.45) is 10.9 Å². The highest BCUT2D eigenvalue weighted by atomic mass is 16.5. The van der Waals surface area contributed by atoms with Crippen LogP contribution < -0.4 is 5.32 Å². The lowest BCUT2D eigenvalue weighted by molar-refractivity contribution is -0.128. The molecule has 1 aromatic rings. The molecule has 2 aliphatic rings. The number of hydrogen-bond donors (Lipinski definition) is 1. The number of amides is 1. The molecule has 0 spiro atoms. The number of hydrogen-bond acceptors (Lipinski definition) is 6. The fourth-order valence-electron chi connectivity index (χ4n) is 3.31. The Morgan fingerprint density at radius 3 is 2.73 bits per heavy atom. The summed E-state index contributed by atoms with van der Waals surface area (Å²) in [4.78, 5) is 23.6. The van der Waals surface area contributed by atoms with Crippen molar-refractivity contribution in [2.75, 3.05) is 25.6 Å². The standard InChI is InChI=1S/C19H25N5O2/c1-11-7-16(13(3)21-12(11)2)23-18-19(25)24(9-15(8-20)22-18)17(10-26-4)14-5-6-14/h7,14-15,17H,5-6,9-10H2,1-4H3,(H,22,23). The molecule has 2 heterocycles. The summed E-state index contributed by atoms with van der Waals surface area (Å²) in [6, 6.07) is 3.56. The first-order chi connectivity index (χ1) is 12.4. The second-order valence-electron chi connectivity index (χ2n) is 7.09. The van der Waals surface area contributed by atoms with E-state index in [1.165, 1.54) is 0 Å². The van der Waals surface area contributed by atoms with E-state index < -0.39 is 6.04 Å². The van der Waals surface area contributed by atoms with Crippen molar-refractivity contribution < 1.29 is 9.53 Å². The van der Waals surface area contributed by atoms with Gasteiger partial charge < -0.3 is 15.0 Å². The summed E-state index contributed by atoms with van der Waals surface area (Å²) >= 11 is 0. The van der Waals surface area contributed by atoms with Crippen molar-refractivity contribution in [1.29, 1.82) is 5.26 Å². The molecule has 1 aliphatic carbocycles. The van der Waals surface area contributed by atoms with E-state index in [2.05, 4.69) is 21.4 Å². The number of ether oxygens (including phenoxy) is 1. The summed E-state index contributed by atoms with van der Waals surface area (Å²) in [5, 5.41) is 12.5. The van der Waals surface area contributed by atoms with Gasteiger partial charge in [0.1, 0.15) is 0 Å². The van der Waals surface area contributed by atoms with Crippen LogP contribution in [0.1, 0.15) is 29.8 Å². The minimum absolute atomic E-state index is 0.00498. The zero-order valence-corrected chi connectivity index (χ0v) is 15.7. The number of pyridine rings is 1. The van der Waals surface area contributed by atoms with Crippen LogP contribution in [0.5, 0.6) is 0 Å². The van der Waals surface area contributed by atoms with Gasteiger partial charge in [0.05, 0.1) is 36.6 Å². The van der Waals surface area contributed by atoms with Gasteiger partial charge >= 0.3 is 0 Å². The van der Waals surface area contributed by atoms with Crippen LogP contribution in [-0.4, -0.2) is 54.0 Å². The molecule has 1 fully saturated rings. The topological polar surface area (TPSA) is 90.6 Å². The molecule has 0 aromatic carbocycles. The van der Waals surface area contributed by atoms with Gasteiger partial charge in [0.25, 0.3) is 5.91 Å². The number of carbonyl (C=O) groups excluding carboxylic acids is 1. The first-order valence-corrected chi connectivity index (χ1v) is 8.93. The highest BCUT2D eigenvalue weighted by Gasteiger charge is 2.41. The van der Waals surface area contributed by atoms with E-state index in [-0.39, 0.29) is 17.8 Å². The molecule has 1 aliphatic heterocycles. The predicted molar refractivity (Wildman–Crippen MR) is 99.0 cm³/mol. The largest absolute Gasteiger partial charge is 0.383 e. The lowest BCUT2D eigenvalue weighted by Crippen LogP contribution is -2.54. The van der Waals surface area contributed by atoms with Gasteiger partial charge in [-0.05, 0) is 51.2 Å². The third kappa shape index (κ3) is 3.70. The average Bonchev–Trinajstić information content (AvgIpc) is 3.44. The molecule has 7 heteroatoms. The van der Waals surface area contributed by atoms with Crippen molar-refractivity contribution in [3.8, 4) is 6.07 Å². The predicted octanol–water partition coefficient (Wildman–Crippen LogP) is 1.98. The summed E-state index contributed by atoms with van der Waals surface area (Å²) in [6.07, 6.45) is 2.18. The van der Waals surface area contributed by atoms with Crippen LogP contribution >= 0.6 is 0 Å². The molecule has 1 saturated carbocycles. The number of carbonyl (C=O) groups is 1. The van der Waals surface area contributed by atoms with Gasteiger partial charge in [-0.15, -0.1) is 0 Å². The number of methoxy groups -OCH3 is 1. The molecule has 7 nitrogen and oxygen atoms in total. The van der Waals surface area contributed by atoms with Crippen LogP contribution in [0.3, 0.4) is 0 Å². The maximum absolute atomic E-state index is 13.1. The Morgan fingerprint density at radius 1 is 1.38 bits per heavy atom. The molecule has 1 N–H and O–H groups in total. The van der Waals surface area contributed by atoms with E-state index in [4.69, 9.17) is 4.74 Å². The Kier molecular flexibility index (Phi) is 5.23. The Labute approximate surface area is 154 Å². The summed E-state index contributed by atoms with van der Waals surface area (Å²) < 4.78 is 5.33. The molecule has 2 atom stereocenters.